The van der Waals surface area contributed by atoms with Gasteiger partial charge in [-0.2, -0.15) is 0 Å². The van der Waals surface area contributed by atoms with Crippen LogP contribution in [0, 0.1) is 5.41 Å². The minimum Gasteiger partial charge on any atom is -0.316 e. The Hall–Kier alpha value is -0.0900. The molecule has 0 amide bonds. The fourth-order valence-electron chi connectivity index (χ4n) is 1.89. The number of hydrogen-bond acceptors (Lipinski definition) is 3. The van der Waals surface area contributed by atoms with Crippen LogP contribution in [0.2, 0.25) is 0 Å². The molecule has 4 heteroatoms. The summed E-state index contributed by atoms with van der Waals surface area (Å²) in [6.07, 6.45) is 4.44. The van der Waals surface area contributed by atoms with Crippen LogP contribution in [0.4, 0.5) is 0 Å². The second kappa shape index (κ2) is 5.30. The zero-order valence-electron chi connectivity index (χ0n) is 9.88. The molecule has 1 aliphatic carbocycles. The van der Waals surface area contributed by atoms with E-state index in [1.54, 1.807) is 6.92 Å². The molecule has 15 heavy (non-hydrogen) atoms. The first kappa shape index (κ1) is 13.0. The summed E-state index contributed by atoms with van der Waals surface area (Å²) >= 11 is 0. The molecule has 0 aromatic heterocycles. The molecule has 1 N–H and O–H groups in total. The van der Waals surface area contributed by atoms with Crippen LogP contribution in [0.3, 0.4) is 0 Å². The standard InChI is InChI=1S/C11H23NO2S/c1-3-12-10-11(7-8-11)6-5-9-15(13,14)4-2/h12H,3-10H2,1-2H3. The van der Waals surface area contributed by atoms with Gasteiger partial charge in [0.25, 0.3) is 0 Å². The number of hydrogen-bond donors (Lipinski definition) is 1. The summed E-state index contributed by atoms with van der Waals surface area (Å²) in [4.78, 5) is 0. The lowest BCUT2D eigenvalue weighted by Gasteiger charge is -2.14. The van der Waals surface area contributed by atoms with Crippen molar-refractivity contribution in [2.24, 2.45) is 5.41 Å². The van der Waals surface area contributed by atoms with Crippen molar-refractivity contribution >= 4 is 9.84 Å². The van der Waals surface area contributed by atoms with Crippen molar-refractivity contribution in [3.63, 3.8) is 0 Å². The molecule has 0 aromatic rings. The number of rotatable bonds is 8. The summed E-state index contributed by atoms with van der Waals surface area (Å²) < 4.78 is 22.6. The molecule has 1 saturated carbocycles. The average Bonchev–Trinajstić information content (AvgIpc) is 2.96. The van der Waals surface area contributed by atoms with Crippen molar-refractivity contribution in [3.05, 3.63) is 0 Å². The molecular weight excluding hydrogens is 210 g/mol. The van der Waals surface area contributed by atoms with E-state index in [0.29, 0.717) is 11.2 Å². The van der Waals surface area contributed by atoms with Gasteiger partial charge in [-0.3, -0.25) is 0 Å². The lowest BCUT2D eigenvalue weighted by Crippen LogP contribution is -2.24. The third-order valence-corrected chi connectivity index (χ3v) is 5.10. The van der Waals surface area contributed by atoms with Crippen LogP contribution in [0.5, 0.6) is 0 Å². The Morgan fingerprint density at radius 1 is 1.27 bits per heavy atom. The molecule has 1 fully saturated rings. The first-order chi connectivity index (χ1) is 7.04. The SMILES string of the molecule is CCNCC1(CCCS(=O)(=O)CC)CC1. The van der Waals surface area contributed by atoms with Gasteiger partial charge in [0.15, 0.2) is 0 Å². The van der Waals surface area contributed by atoms with E-state index in [-0.39, 0.29) is 5.75 Å². The summed E-state index contributed by atoms with van der Waals surface area (Å²) in [5, 5.41) is 3.36. The molecule has 0 heterocycles. The van der Waals surface area contributed by atoms with Gasteiger partial charge in [0.1, 0.15) is 9.84 Å². The van der Waals surface area contributed by atoms with E-state index < -0.39 is 9.84 Å². The molecule has 90 valence electrons. The predicted octanol–water partition coefficient (Wildman–Crippen LogP) is 1.59. The molecule has 1 aliphatic rings. The van der Waals surface area contributed by atoms with Gasteiger partial charge >= 0.3 is 0 Å². The van der Waals surface area contributed by atoms with Gasteiger partial charge in [0.05, 0.1) is 5.75 Å². The van der Waals surface area contributed by atoms with Crippen molar-refractivity contribution in [1.82, 2.24) is 5.32 Å². The molecule has 0 aliphatic heterocycles. The highest BCUT2D eigenvalue weighted by atomic mass is 32.2. The van der Waals surface area contributed by atoms with Crippen molar-refractivity contribution in [2.75, 3.05) is 24.6 Å². The molecule has 3 nitrogen and oxygen atoms in total. The van der Waals surface area contributed by atoms with E-state index >= 15 is 0 Å². The van der Waals surface area contributed by atoms with E-state index in [4.69, 9.17) is 0 Å². The highest BCUT2D eigenvalue weighted by Crippen LogP contribution is 2.49. The molecule has 0 bridgehead atoms. The predicted molar refractivity (Wildman–Crippen MR) is 63.8 cm³/mol. The number of nitrogens with one attached hydrogen (secondary N) is 1. The molecule has 1 rings (SSSR count). The maximum Gasteiger partial charge on any atom is 0.150 e. The Balaban J connectivity index is 2.20. The van der Waals surface area contributed by atoms with Crippen molar-refractivity contribution < 1.29 is 8.42 Å². The maximum atomic E-state index is 11.3. The smallest absolute Gasteiger partial charge is 0.150 e. The summed E-state index contributed by atoms with van der Waals surface area (Å²) in [6.45, 7) is 5.91. The Morgan fingerprint density at radius 2 is 1.93 bits per heavy atom. The monoisotopic (exact) mass is 233 g/mol. The van der Waals surface area contributed by atoms with Crippen molar-refractivity contribution in [2.45, 2.75) is 39.5 Å². The molecule has 0 saturated heterocycles. The van der Waals surface area contributed by atoms with Gasteiger partial charge in [-0.05, 0) is 37.6 Å². The maximum absolute atomic E-state index is 11.3. The Labute approximate surface area is 93.6 Å². The summed E-state index contributed by atoms with van der Waals surface area (Å²) in [6, 6.07) is 0. The molecule has 0 unspecified atom stereocenters. The molecule has 0 radical (unpaired) electrons. The van der Waals surface area contributed by atoms with Gasteiger partial charge in [-0.25, -0.2) is 8.42 Å². The summed E-state index contributed by atoms with van der Waals surface area (Å²) in [7, 11) is -2.76. The quantitative estimate of drug-likeness (QED) is 0.692. The minimum atomic E-state index is -2.76. The first-order valence-corrected chi connectivity index (χ1v) is 7.77. The highest BCUT2D eigenvalue weighted by molar-refractivity contribution is 7.91. The molecule has 0 atom stereocenters. The molecular formula is C11H23NO2S. The van der Waals surface area contributed by atoms with Crippen LogP contribution in [-0.2, 0) is 9.84 Å². The van der Waals surface area contributed by atoms with Crippen molar-refractivity contribution in [3.8, 4) is 0 Å². The van der Waals surface area contributed by atoms with E-state index in [9.17, 15) is 8.42 Å². The van der Waals surface area contributed by atoms with Crippen LogP contribution < -0.4 is 5.32 Å². The van der Waals surface area contributed by atoms with Gasteiger partial charge < -0.3 is 5.32 Å². The van der Waals surface area contributed by atoms with E-state index in [0.717, 1.165) is 25.9 Å². The minimum absolute atomic E-state index is 0.285. The lowest BCUT2D eigenvalue weighted by molar-refractivity contribution is 0.427. The van der Waals surface area contributed by atoms with Gasteiger partial charge in [-0.1, -0.05) is 13.8 Å². The largest absolute Gasteiger partial charge is 0.316 e. The van der Waals surface area contributed by atoms with Crippen LogP contribution >= 0.6 is 0 Å². The van der Waals surface area contributed by atoms with Crippen LogP contribution in [-0.4, -0.2) is 33.0 Å². The zero-order chi connectivity index (χ0) is 11.4. The van der Waals surface area contributed by atoms with Crippen LogP contribution in [0.1, 0.15) is 39.5 Å². The fraction of sp³-hybridized carbons (Fsp3) is 1.00. The summed E-state index contributed by atoms with van der Waals surface area (Å²) in [5.41, 5.74) is 0.444. The average molecular weight is 233 g/mol. The van der Waals surface area contributed by atoms with E-state index in [1.165, 1.54) is 12.8 Å². The normalized spacial score (nSPS) is 19.1. The van der Waals surface area contributed by atoms with E-state index in [2.05, 4.69) is 12.2 Å². The topological polar surface area (TPSA) is 46.2 Å². The Morgan fingerprint density at radius 3 is 2.40 bits per heavy atom. The lowest BCUT2D eigenvalue weighted by atomic mass is 10.0. The first-order valence-electron chi connectivity index (χ1n) is 5.95. The van der Waals surface area contributed by atoms with Crippen molar-refractivity contribution in [1.29, 1.82) is 0 Å². The van der Waals surface area contributed by atoms with Crippen LogP contribution in [0.15, 0.2) is 0 Å². The van der Waals surface area contributed by atoms with Gasteiger partial charge in [0.2, 0.25) is 0 Å². The van der Waals surface area contributed by atoms with Gasteiger partial charge in [0, 0.05) is 12.3 Å². The summed E-state index contributed by atoms with van der Waals surface area (Å²) in [5.74, 6) is 0.657. The second-order valence-corrected chi connectivity index (χ2v) is 7.09. The van der Waals surface area contributed by atoms with E-state index in [1.807, 2.05) is 0 Å². The fourth-order valence-corrected chi connectivity index (χ4v) is 2.77. The third kappa shape index (κ3) is 4.51. The third-order valence-electron chi connectivity index (χ3n) is 3.31. The highest BCUT2D eigenvalue weighted by Gasteiger charge is 2.41. The Bertz CT molecular complexity index is 281. The zero-order valence-corrected chi connectivity index (χ0v) is 10.7. The van der Waals surface area contributed by atoms with Crippen LogP contribution in [0.25, 0.3) is 0 Å². The Kier molecular flexibility index (Phi) is 4.59. The molecule has 0 spiro atoms. The van der Waals surface area contributed by atoms with Gasteiger partial charge in [-0.15, -0.1) is 0 Å². The molecule has 0 aromatic carbocycles. The second-order valence-electron chi connectivity index (χ2n) is 4.62. The number of sulfone groups is 1.